The Kier molecular flexibility index (Phi) is 5.78. The molecule has 1 aromatic heterocycles. The highest BCUT2D eigenvalue weighted by atomic mass is 32.1. The molecule has 2 aliphatic rings. The van der Waals surface area contributed by atoms with E-state index in [2.05, 4.69) is 37.9 Å². The smallest absolute Gasteiger partial charge is 0.350 e. The lowest BCUT2D eigenvalue weighted by Gasteiger charge is -2.34. The average Bonchev–Trinajstić information content (AvgIpc) is 3.06. The number of rotatable bonds is 4. The molecule has 0 spiro atoms. The molecule has 2 aliphatic carbocycles. The van der Waals surface area contributed by atoms with Gasteiger partial charge in [-0.05, 0) is 62.0 Å². The molecule has 5 heteroatoms. The fourth-order valence-electron chi connectivity index (χ4n) is 3.98. The quantitative estimate of drug-likeness (QED) is 0.761. The lowest BCUT2D eigenvalue weighted by atomic mass is 9.78. The van der Waals surface area contributed by atoms with Crippen LogP contribution in [0.25, 0.3) is 5.57 Å². The fourth-order valence-corrected chi connectivity index (χ4v) is 5.16. The van der Waals surface area contributed by atoms with Crippen LogP contribution in [0, 0.1) is 5.41 Å². The SMILES string of the molecule is COC(=O)c1sc(C2=CCC(C)(C)CC2)cc1N(C)C1CCC(O)CC1. The first-order valence-electron chi connectivity index (χ1n) is 9.63. The van der Waals surface area contributed by atoms with Crippen molar-refractivity contribution in [2.45, 2.75) is 70.9 Å². The highest BCUT2D eigenvalue weighted by Crippen LogP contribution is 2.43. The van der Waals surface area contributed by atoms with Crippen LogP contribution in [-0.2, 0) is 4.74 Å². The molecule has 0 aromatic carbocycles. The normalized spacial score (nSPS) is 25.5. The molecule has 144 valence electrons. The molecule has 1 saturated carbocycles. The summed E-state index contributed by atoms with van der Waals surface area (Å²) in [6, 6.07) is 2.54. The second-order valence-corrected chi connectivity index (χ2v) is 9.54. The molecule has 1 N–H and O–H groups in total. The van der Waals surface area contributed by atoms with Crippen LogP contribution in [0.5, 0.6) is 0 Å². The van der Waals surface area contributed by atoms with Crippen molar-refractivity contribution in [3.63, 3.8) is 0 Å². The minimum atomic E-state index is -0.254. The van der Waals surface area contributed by atoms with Gasteiger partial charge in [-0.15, -0.1) is 11.3 Å². The third kappa shape index (κ3) is 4.15. The third-order valence-electron chi connectivity index (χ3n) is 5.97. The molecule has 0 aliphatic heterocycles. The number of thiophene rings is 1. The second kappa shape index (κ2) is 7.73. The summed E-state index contributed by atoms with van der Waals surface area (Å²) >= 11 is 1.56. The number of esters is 1. The maximum absolute atomic E-state index is 12.4. The minimum Gasteiger partial charge on any atom is -0.465 e. The fraction of sp³-hybridized carbons (Fsp3) is 0.667. The number of methoxy groups -OCH3 is 1. The summed E-state index contributed by atoms with van der Waals surface area (Å²) in [5.74, 6) is -0.254. The van der Waals surface area contributed by atoms with Crippen LogP contribution in [0.2, 0.25) is 0 Å². The molecule has 0 radical (unpaired) electrons. The molecule has 3 rings (SSSR count). The summed E-state index contributed by atoms with van der Waals surface area (Å²) in [7, 11) is 3.52. The van der Waals surface area contributed by atoms with Crippen LogP contribution in [0.15, 0.2) is 12.1 Å². The van der Waals surface area contributed by atoms with Gasteiger partial charge < -0.3 is 14.7 Å². The van der Waals surface area contributed by atoms with Gasteiger partial charge >= 0.3 is 5.97 Å². The van der Waals surface area contributed by atoms with Crippen molar-refractivity contribution in [1.29, 1.82) is 0 Å². The van der Waals surface area contributed by atoms with Crippen LogP contribution in [0.4, 0.5) is 5.69 Å². The Morgan fingerprint density at radius 2 is 2.00 bits per heavy atom. The maximum atomic E-state index is 12.4. The van der Waals surface area contributed by atoms with E-state index < -0.39 is 0 Å². The first-order valence-corrected chi connectivity index (χ1v) is 10.4. The van der Waals surface area contributed by atoms with Crippen molar-refractivity contribution in [2.75, 3.05) is 19.1 Å². The van der Waals surface area contributed by atoms with Crippen molar-refractivity contribution >= 4 is 28.6 Å². The van der Waals surface area contributed by atoms with Gasteiger partial charge in [-0.2, -0.15) is 0 Å². The summed E-state index contributed by atoms with van der Waals surface area (Å²) in [6.45, 7) is 4.62. The lowest BCUT2D eigenvalue weighted by molar-refractivity contribution is 0.0606. The molecule has 0 unspecified atom stereocenters. The number of allylic oxidation sites excluding steroid dienone is 2. The number of anilines is 1. The minimum absolute atomic E-state index is 0.173. The van der Waals surface area contributed by atoms with Gasteiger partial charge in [0.05, 0.1) is 18.9 Å². The summed E-state index contributed by atoms with van der Waals surface area (Å²) in [6.07, 6.45) is 9.08. The highest BCUT2D eigenvalue weighted by Gasteiger charge is 2.29. The molecule has 0 atom stereocenters. The van der Waals surface area contributed by atoms with E-state index in [1.807, 2.05) is 0 Å². The van der Waals surface area contributed by atoms with E-state index in [-0.39, 0.29) is 12.1 Å². The van der Waals surface area contributed by atoms with E-state index >= 15 is 0 Å². The van der Waals surface area contributed by atoms with Gasteiger partial charge in [-0.3, -0.25) is 0 Å². The zero-order valence-corrected chi connectivity index (χ0v) is 17.2. The van der Waals surface area contributed by atoms with Crippen LogP contribution in [0.3, 0.4) is 0 Å². The summed E-state index contributed by atoms with van der Waals surface area (Å²) in [5.41, 5.74) is 2.70. The van der Waals surface area contributed by atoms with Gasteiger partial charge in [0.1, 0.15) is 4.88 Å². The Hall–Kier alpha value is -1.33. The Bertz CT molecular complexity index is 683. The monoisotopic (exact) mass is 377 g/mol. The lowest BCUT2D eigenvalue weighted by Crippen LogP contribution is -2.36. The van der Waals surface area contributed by atoms with Gasteiger partial charge in [0.2, 0.25) is 0 Å². The van der Waals surface area contributed by atoms with Crippen molar-refractivity contribution in [3.05, 3.63) is 21.9 Å². The zero-order chi connectivity index (χ0) is 18.9. The van der Waals surface area contributed by atoms with Crippen molar-refractivity contribution in [1.82, 2.24) is 0 Å². The van der Waals surface area contributed by atoms with Crippen molar-refractivity contribution < 1.29 is 14.6 Å². The van der Waals surface area contributed by atoms with Crippen LogP contribution >= 0.6 is 11.3 Å². The number of hydrogen-bond donors (Lipinski definition) is 1. The Morgan fingerprint density at radius 3 is 2.58 bits per heavy atom. The molecule has 1 fully saturated rings. The predicted octanol–water partition coefficient (Wildman–Crippen LogP) is 4.87. The van der Waals surface area contributed by atoms with E-state index in [9.17, 15) is 9.90 Å². The predicted molar refractivity (Wildman–Crippen MR) is 108 cm³/mol. The molecule has 0 amide bonds. The number of aliphatic hydroxyl groups is 1. The van der Waals surface area contributed by atoms with E-state index in [0.29, 0.717) is 16.3 Å². The number of nitrogens with zero attached hydrogens (tertiary/aromatic N) is 1. The van der Waals surface area contributed by atoms with E-state index in [1.54, 1.807) is 11.3 Å². The van der Waals surface area contributed by atoms with Gasteiger partial charge in [0.25, 0.3) is 0 Å². The molecule has 4 nitrogen and oxygen atoms in total. The van der Waals surface area contributed by atoms with E-state index in [4.69, 9.17) is 4.74 Å². The largest absolute Gasteiger partial charge is 0.465 e. The first kappa shape index (κ1) is 19.4. The highest BCUT2D eigenvalue weighted by molar-refractivity contribution is 7.15. The first-order chi connectivity index (χ1) is 12.3. The van der Waals surface area contributed by atoms with Gasteiger partial charge in [-0.1, -0.05) is 19.9 Å². The van der Waals surface area contributed by atoms with Crippen LogP contribution < -0.4 is 4.90 Å². The molecular weight excluding hydrogens is 346 g/mol. The van der Waals surface area contributed by atoms with Crippen molar-refractivity contribution in [2.24, 2.45) is 5.41 Å². The molecule has 1 heterocycles. The van der Waals surface area contributed by atoms with Gasteiger partial charge in [-0.25, -0.2) is 4.79 Å². The number of carbonyl (C=O) groups excluding carboxylic acids is 1. The second-order valence-electron chi connectivity index (χ2n) is 8.49. The molecule has 0 bridgehead atoms. The Balaban J connectivity index is 1.88. The van der Waals surface area contributed by atoms with Crippen LogP contribution in [0.1, 0.15) is 73.3 Å². The zero-order valence-electron chi connectivity index (χ0n) is 16.4. The van der Waals surface area contributed by atoms with Gasteiger partial charge in [0, 0.05) is 18.0 Å². The standard InChI is InChI=1S/C21H31NO3S/c1-21(2)11-9-14(10-12-21)18-13-17(19(26-18)20(24)25-4)22(3)15-5-7-16(23)8-6-15/h9,13,15-16,23H,5-8,10-12H2,1-4H3. The summed E-state index contributed by atoms with van der Waals surface area (Å²) in [5, 5.41) is 9.78. The number of aliphatic hydroxyl groups excluding tert-OH is 1. The van der Waals surface area contributed by atoms with Crippen molar-refractivity contribution in [3.8, 4) is 0 Å². The molecule has 1 aromatic rings. The number of hydrogen-bond acceptors (Lipinski definition) is 5. The molecule has 26 heavy (non-hydrogen) atoms. The van der Waals surface area contributed by atoms with Gasteiger partial charge in [0.15, 0.2) is 0 Å². The van der Waals surface area contributed by atoms with Crippen LogP contribution in [-0.4, -0.2) is 37.4 Å². The molecular formula is C21H31NO3S. The Morgan fingerprint density at radius 1 is 1.31 bits per heavy atom. The Labute approximate surface area is 160 Å². The third-order valence-corrected chi connectivity index (χ3v) is 7.15. The van der Waals surface area contributed by atoms with E-state index in [1.165, 1.54) is 24.0 Å². The number of ether oxygens (including phenoxy) is 1. The average molecular weight is 378 g/mol. The number of carbonyl (C=O) groups is 1. The summed E-state index contributed by atoms with van der Waals surface area (Å²) < 4.78 is 5.05. The topological polar surface area (TPSA) is 49.8 Å². The summed E-state index contributed by atoms with van der Waals surface area (Å²) in [4.78, 5) is 16.5. The molecule has 0 saturated heterocycles. The maximum Gasteiger partial charge on any atom is 0.350 e. The van der Waals surface area contributed by atoms with E-state index in [0.717, 1.165) is 44.2 Å².